The van der Waals surface area contributed by atoms with Gasteiger partial charge in [0.25, 0.3) is 0 Å². The van der Waals surface area contributed by atoms with Gasteiger partial charge in [-0.2, -0.15) is 0 Å². The molecule has 0 radical (unpaired) electrons. The Morgan fingerprint density at radius 2 is 2.36 bits per heavy atom. The summed E-state index contributed by atoms with van der Waals surface area (Å²) in [6, 6.07) is 0. The van der Waals surface area contributed by atoms with Crippen molar-refractivity contribution in [2.75, 3.05) is 6.54 Å². The summed E-state index contributed by atoms with van der Waals surface area (Å²) >= 11 is 0. The van der Waals surface area contributed by atoms with E-state index >= 15 is 0 Å². The Balaban J connectivity index is 1.99. The highest BCUT2D eigenvalue weighted by Gasteiger charge is 2.58. The Labute approximate surface area is 65.8 Å². The summed E-state index contributed by atoms with van der Waals surface area (Å²) < 4.78 is 0. The number of carbonyl (C=O) groups is 1. The van der Waals surface area contributed by atoms with Crippen LogP contribution in [0.1, 0.15) is 25.7 Å². The first-order valence-electron chi connectivity index (χ1n) is 4.22. The van der Waals surface area contributed by atoms with Gasteiger partial charge in [0, 0.05) is 5.54 Å². The van der Waals surface area contributed by atoms with Crippen LogP contribution < -0.4 is 5.32 Å². The fraction of sp³-hybridized carbons (Fsp3) is 0.875. The standard InChI is InChI=1S/C8H13NO2/c10-7(11)6-5-8(6)3-1-2-4-9-8/h6,9H,1-5H2,(H,10,11). The van der Waals surface area contributed by atoms with Crippen LogP contribution in [0.3, 0.4) is 0 Å². The average molecular weight is 155 g/mol. The predicted molar refractivity (Wildman–Crippen MR) is 40.3 cm³/mol. The highest BCUT2D eigenvalue weighted by molar-refractivity contribution is 5.76. The summed E-state index contributed by atoms with van der Waals surface area (Å²) in [6.07, 6.45) is 4.30. The van der Waals surface area contributed by atoms with Gasteiger partial charge in [0.05, 0.1) is 5.92 Å². The maximum absolute atomic E-state index is 10.6. The van der Waals surface area contributed by atoms with E-state index in [0.717, 1.165) is 19.4 Å². The summed E-state index contributed by atoms with van der Waals surface area (Å²) in [5.74, 6) is -0.720. The number of aliphatic carboxylic acids is 1. The zero-order valence-electron chi connectivity index (χ0n) is 6.47. The van der Waals surface area contributed by atoms with Crippen molar-refractivity contribution in [3.8, 4) is 0 Å². The molecule has 0 aromatic rings. The Kier molecular flexibility index (Phi) is 1.42. The van der Waals surface area contributed by atoms with Crippen LogP contribution in [0.5, 0.6) is 0 Å². The predicted octanol–water partition coefficient (Wildman–Crippen LogP) is 0.603. The normalized spacial score (nSPS) is 42.4. The van der Waals surface area contributed by atoms with E-state index in [0.29, 0.717) is 0 Å². The third-order valence-electron chi connectivity index (χ3n) is 2.90. The minimum absolute atomic E-state index is 0.0179. The number of hydrogen-bond acceptors (Lipinski definition) is 2. The van der Waals surface area contributed by atoms with Crippen LogP contribution >= 0.6 is 0 Å². The van der Waals surface area contributed by atoms with Crippen LogP contribution in [0.2, 0.25) is 0 Å². The van der Waals surface area contributed by atoms with Crippen LogP contribution in [0.15, 0.2) is 0 Å². The van der Waals surface area contributed by atoms with E-state index in [9.17, 15) is 4.79 Å². The molecule has 2 unspecified atom stereocenters. The first kappa shape index (κ1) is 7.10. The van der Waals surface area contributed by atoms with Gasteiger partial charge in [-0.05, 0) is 25.8 Å². The number of carboxylic acids is 1. The first-order chi connectivity index (χ1) is 5.25. The van der Waals surface area contributed by atoms with Crippen molar-refractivity contribution in [3.05, 3.63) is 0 Å². The van der Waals surface area contributed by atoms with Crippen LogP contribution in [-0.2, 0) is 4.79 Å². The van der Waals surface area contributed by atoms with Gasteiger partial charge in [-0.25, -0.2) is 0 Å². The molecule has 3 heteroatoms. The minimum atomic E-state index is -0.626. The Morgan fingerprint density at radius 3 is 2.82 bits per heavy atom. The molecule has 1 aliphatic carbocycles. The van der Waals surface area contributed by atoms with E-state index < -0.39 is 5.97 Å². The maximum atomic E-state index is 10.6. The summed E-state index contributed by atoms with van der Waals surface area (Å²) in [5, 5.41) is 12.1. The average Bonchev–Trinajstić information content (AvgIpc) is 2.66. The van der Waals surface area contributed by atoms with E-state index in [-0.39, 0.29) is 11.5 Å². The second-order valence-corrected chi connectivity index (χ2v) is 3.63. The number of rotatable bonds is 1. The molecule has 0 amide bonds. The molecule has 11 heavy (non-hydrogen) atoms. The smallest absolute Gasteiger partial charge is 0.308 e. The van der Waals surface area contributed by atoms with Gasteiger partial charge in [0.1, 0.15) is 0 Å². The largest absolute Gasteiger partial charge is 0.481 e. The lowest BCUT2D eigenvalue weighted by atomic mass is 10.0. The van der Waals surface area contributed by atoms with Gasteiger partial charge in [-0.1, -0.05) is 6.42 Å². The zero-order valence-corrected chi connectivity index (χ0v) is 6.47. The molecular weight excluding hydrogens is 142 g/mol. The van der Waals surface area contributed by atoms with Gasteiger partial charge < -0.3 is 10.4 Å². The van der Waals surface area contributed by atoms with Gasteiger partial charge in [0.15, 0.2) is 0 Å². The molecule has 3 nitrogen and oxygen atoms in total. The lowest BCUT2D eigenvalue weighted by Gasteiger charge is -2.23. The van der Waals surface area contributed by atoms with Crippen molar-refractivity contribution < 1.29 is 9.90 Å². The Hall–Kier alpha value is -0.570. The molecule has 0 aromatic heterocycles. The van der Waals surface area contributed by atoms with Gasteiger partial charge in [-0.15, -0.1) is 0 Å². The van der Waals surface area contributed by atoms with Crippen molar-refractivity contribution >= 4 is 5.97 Å². The molecule has 1 spiro atoms. The van der Waals surface area contributed by atoms with Crippen molar-refractivity contribution in [2.45, 2.75) is 31.2 Å². The van der Waals surface area contributed by atoms with Gasteiger partial charge in [-0.3, -0.25) is 4.79 Å². The van der Waals surface area contributed by atoms with Gasteiger partial charge >= 0.3 is 5.97 Å². The molecule has 62 valence electrons. The van der Waals surface area contributed by atoms with E-state index in [4.69, 9.17) is 5.11 Å². The molecule has 2 fully saturated rings. The molecule has 2 aliphatic rings. The summed E-state index contributed by atoms with van der Waals surface area (Å²) in [6.45, 7) is 1.00. The number of hydrogen-bond donors (Lipinski definition) is 2. The third-order valence-corrected chi connectivity index (χ3v) is 2.90. The highest BCUT2D eigenvalue weighted by Crippen LogP contribution is 2.48. The Bertz CT molecular complexity index is 185. The summed E-state index contributed by atoms with van der Waals surface area (Å²) in [4.78, 5) is 10.6. The van der Waals surface area contributed by atoms with Crippen LogP contribution in [0.4, 0.5) is 0 Å². The van der Waals surface area contributed by atoms with Crippen molar-refractivity contribution in [3.63, 3.8) is 0 Å². The SMILES string of the molecule is O=C(O)C1CC12CCCCN2. The molecule has 2 N–H and O–H groups in total. The monoisotopic (exact) mass is 155 g/mol. The lowest BCUT2D eigenvalue weighted by Crippen LogP contribution is -2.39. The number of piperidine rings is 1. The van der Waals surface area contributed by atoms with Crippen LogP contribution in [-0.4, -0.2) is 23.2 Å². The molecule has 1 saturated heterocycles. The van der Waals surface area contributed by atoms with Gasteiger partial charge in [0.2, 0.25) is 0 Å². The fourth-order valence-electron chi connectivity index (χ4n) is 2.09. The third kappa shape index (κ3) is 1.03. The maximum Gasteiger partial charge on any atom is 0.308 e. The quantitative estimate of drug-likeness (QED) is 0.583. The molecule has 1 heterocycles. The van der Waals surface area contributed by atoms with Crippen LogP contribution in [0.25, 0.3) is 0 Å². The highest BCUT2D eigenvalue weighted by atomic mass is 16.4. The molecule has 0 bridgehead atoms. The van der Waals surface area contributed by atoms with E-state index in [1.165, 1.54) is 12.8 Å². The number of carboxylic acid groups (broad SMARTS) is 1. The Morgan fingerprint density at radius 1 is 1.55 bits per heavy atom. The molecule has 0 aromatic carbocycles. The summed E-state index contributed by atoms with van der Waals surface area (Å²) in [5.41, 5.74) is 0.0179. The topological polar surface area (TPSA) is 49.3 Å². The lowest BCUT2D eigenvalue weighted by molar-refractivity contribution is -0.139. The molecule has 1 saturated carbocycles. The fourth-order valence-corrected chi connectivity index (χ4v) is 2.09. The van der Waals surface area contributed by atoms with E-state index in [1.54, 1.807) is 0 Å². The molecular formula is C8H13NO2. The van der Waals surface area contributed by atoms with Crippen molar-refractivity contribution in [1.82, 2.24) is 5.32 Å². The molecule has 1 aliphatic heterocycles. The first-order valence-corrected chi connectivity index (χ1v) is 4.22. The van der Waals surface area contributed by atoms with E-state index in [2.05, 4.69) is 5.32 Å². The summed E-state index contributed by atoms with van der Waals surface area (Å²) in [7, 11) is 0. The van der Waals surface area contributed by atoms with Crippen LogP contribution in [0, 0.1) is 5.92 Å². The van der Waals surface area contributed by atoms with Crippen molar-refractivity contribution in [2.24, 2.45) is 5.92 Å². The second-order valence-electron chi connectivity index (χ2n) is 3.63. The second kappa shape index (κ2) is 2.21. The number of nitrogens with one attached hydrogen (secondary N) is 1. The van der Waals surface area contributed by atoms with Crippen molar-refractivity contribution in [1.29, 1.82) is 0 Å². The molecule has 2 atom stereocenters. The zero-order chi connectivity index (χ0) is 7.90. The van der Waals surface area contributed by atoms with E-state index in [1.807, 2.05) is 0 Å². The minimum Gasteiger partial charge on any atom is -0.481 e. The molecule has 2 rings (SSSR count).